The Bertz CT molecular complexity index is 1050. The number of carbonyl (C=O) groups is 1. The summed E-state index contributed by atoms with van der Waals surface area (Å²) in [6, 6.07) is 15.2. The number of aromatic nitrogens is 4. The fourth-order valence-electron chi connectivity index (χ4n) is 2.72. The quantitative estimate of drug-likeness (QED) is 0.572. The zero-order valence-electron chi connectivity index (χ0n) is 14.3. The van der Waals surface area contributed by atoms with Gasteiger partial charge in [0.25, 0.3) is 5.91 Å². The van der Waals surface area contributed by atoms with Crippen molar-refractivity contribution in [2.45, 2.75) is 6.54 Å². The first-order valence-electron chi connectivity index (χ1n) is 8.36. The SMILES string of the molecule is O=C(NCc1cnn(-c2ccc(F)cc2)c1)c1cccc(-c2ccn[nH]2)c1. The molecule has 0 unspecified atom stereocenters. The third-order valence-electron chi connectivity index (χ3n) is 4.12. The molecule has 0 aliphatic heterocycles. The molecule has 0 saturated heterocycles. The normalized spacial score (nSPS) is 10.7. The predicted molar refractivity (Wildman–Crippen MR) is 98.7 cm³/mol. The van der Waals surface area contributed by atoms with Crippen LogP contribution in [0, 0.1) is 5.82 Å². The lowest BCUT2D eigenvalue weighted by molar-refractivity contribution is 0.0951. The van der Waals surface area contributed by atoms with Crippen LogP contribution in [0.15, 0.2) is 73.2 Å². The van der Waals surface area contributed by atoms with Gasteiger partial charge >= 0.3 is 0 Å². The fourth-order valence-corrected chi connectivity index (χ4v) is 2.72. The monoisotopic (exact) mass is 361 g/mol. The summed E-state index contributed by atoms with van der Waals surface area (Å²) in [6.45, 7) is 0.342. The number of aromatic amines is 1. The highest BCUT2D eigenvalue weighted by molar-refractivity contribution is 5.95. The van der Waals surface area contributed by atoms with E-state index in [0.29, 0.717) is 12.1 Å². The van der Waals surface area contributed by atoms with Gasteiger partial charge in [-0.15, -0.1) is 0 Å². The molecule has 0 aliphatic rings. The van der Waals surface area contributed by atoms with E-state index in [9.17, 15) is 9.18 Å². The van der Waals surface area contributed by atoms with E-state index in [1.54, 1.807) is 41.5 Å². The molecule has 2 N–H and O–H groups in total. The second-order valence-electron chi connectivity index (χ2n) is 6.00. The molecule has 7 heteroatoms. The lowest BCUT2D eigenvalue weighted by Crippen LogP contribution is -2.22. The molecular formula is C20H16FN5O. The van der Waals surface area contributed by atoms with Crippen molar-refractivity contribution in [2.24, 2.45) is 0 Å². The molecule has 0 saturated carbocycles. The Balaban J connectivity index is 1.43. The van der Waals surface area contributed by atoms with Gasteiger partial charge in [0, 0.05) is 35.6 Å². The number of hydrogen-bond acceptors (Lipinski definition) is 3. The Kier molecular flexibility index (Phi) is 4.49. The highest BCUT2D eigenvalue weighted by Gasteiger charge is 2.09. The molecule has 0 radical (unpaired) electrons. The number of rotatable bonds is 5. The average molecular weight is 361 g/mol. The van der Waals surface area contributed by atoms with Gasteiger partial charge < -0.3 is 5.32 Å². The molecule has 0 fully saturated rings. The van der Waals surface area contributed by atoms with Crippen molar-refractivity contribution in [3.8, 4) is 16.9 Å². The van der Waals surface area contributed by atoms with Crippen LogP contribution in [0.25, 0.3) is 16.9 Å². The number of benzene rings is 2. The van der Waals surface area contributed by atoms with Gasteiger partial charge in [0.1, 0.15) is 5.82 Å². The Morgan fingerprint density at radius 2 is 2.00 bits per heavy atom. The zero-order valence-corrected chi connectivity index (χ0v) is 14.3. The van der Waals surface area contributed by atoms with Crippen molar-refractivity contribution in [1.29, 1.82) is 0 Å². The summed E-state index contributed by atoms with van der Waals surface area (Å²) < 4.78 is 14.7. The van der Waals surface area contributed by atoms with E-state index in [1.165, 1.54) is 12.1 Å². The van der Waals surface area contributed by atoms with Crippen molar-refractivity contribution < 1.29 is 9.18 Å². The molecule has 0 aliphatic carbocycles. The maximum atomic E-state index is 13.0. The van der Waals surface area contributed by atoms with E-state index in [1.807, 2.05) is 24.3 Å². The van der Waals surface area contributed by atoms with Crippen LogP contribution >= 0.6 is 0 Å². The summed E-state index contributed by atoms with van der Waals surface area (Å²) in [5.41, 5.74) is 3.90. The summed E-state index contributed by atoms with van der Waals surface area (Å²) in [5, 5.41) is 13.9. The molecule has 134 valence electrons. The van der Waals surface area contributed by atoms with E-state index in [0.717, 1.165) is 22.5 Å². The minimum absolute atomic E-state index is 0.175. The summed E-state index contributed by atoms with van der Waals surface area (Å²) in [5.74, 6) is -0.471. The highest BCUT2D eigenvalue weighted by Crippen LogP contribution is 2.17. The smallest absolute Gasteiger partial charge is 0.251 e. The Hall–Kier alpha value is -3.74. The summed E-state index contributed by atoms with van der Waals surface area (Å²) >= 11 is 0. The lowest BCUT2D eigenvalue weighted by Gasteiger charge is -2.05. The predicted octanol–water partition coefficient (Wildman–Crippen LogP) is 3.33. The van der Waals surface area contributed by atoms with E-state index in [-0.39, 0.29) is 11.7 Å². The minimum Gasteiger partial charge on any atom is -0.348 e. The van der Waals surface area contributed by atoms with Gasteiger partial charge in [0.15, 0.2) is 0 Å². The van der Waals surface area contributed by atoms with Gasteiger partial charge in [0.2, 0.25) is 0 Å². The van der Waals surface area contributed by atoms with E-state index in [4.69, 9.17) is 0 Å². The number of nitrogens with one attached hydrogen (secondary N) is 2. The number of carbonyl (C=O) groups excluding carboxylic acids is 1. The van der Waals surface area contributed by atoms with Crippen LogP contribution in [0.1, 0.15) is 15.9 Å². The molecule has 2 aromatic carbocycles. The van der Waals surface area contributed by atoms with Crippen LogP contribution in [0.3, 0.4) is 0 Å². The van der Waals surface area contributed by atoms with Gasteiger partial charge in [-0.05, 0) is 42.5 Å². The van der Waals surface area contributed by atoms with E-state index < -0.39 is 0 Å². The van der Waals surface area contributed by atoms with Gasteiger partial charge in [0.05, 0.1) is 17.6 Å². The maximum absolute atomic E-state index is 13.0. The Labute approximate surface area is 154 Å². The molecule has 0 atom stereocenters. The lowest BCUT2D eigenvalue weighted by atomic mass is 10.1. The maximum Gasteiger partial charge on any atom is 0.251 e. The Morgan fingerprint density at radius 3 is 2.78 bits per heavy atom. The largest absolute Gasteiger partial charge is 0.348 e. The summed E-state index contributed by atoms with van der Waals surface area (Å²) in [7, 11) is 0. The Morgan fingerprint density at radius 1 is 1.15 bits per heavy atom. The van der Waals surface area contributed by atoms with Crippen LogP contribution in [0.2, 0.25) is 0 Å². The first-order chi connectivity index (χ1) is 13.2. The molecule has 6 nitrogen and oxygen atoms in total. The summed E-state index contributed by atoms with van der Waals surface area (Å²) in [6.07, 6.45) is 5.14. The van der Waals surface area contributed by atoms with Gasteiger partial charge in [-0.2, -0.15) is 10.2 Å². The second kappa shape index (κ2) is 7.25. The van der Waals surface area contributed by atoms with Crippen molar-refractivity contribution in [3.63, 3.8) is 0 Å². The van der Waals surface area contributed by atoms with Gasteiger partial charge in [-0.1, -0.05) is 12.1 Å². The average Bonchev–Trinajstić information content (AvgIpc) is 3.39. The molecule has 2 aromatic heterocycles. The van der Waals surface area contributed by atoms with Crippen LogP contribution in [0.4, 0.5) is 4.39 Å². The first-order valence-corrected chi connectivity index (χ1v) is 8.36. The molecule has 4 aromatic rings. The number of amides is 1. The third-order valence-corrected chi connectivity index (χ3v) is 4.12. The fraction of sp³-hybridized carbons (Fsp3) is 0.0500. The second-order valence-corrected chi connectivity index (χ2v) is 6.00. The minimum atomic E-state index is -0.296. The van der Waals surface area contributed by atoms with Crippen LogP contribution in [-0.2, 0) is 6.54 Å². The topological polar surface area (TPSA) is 75.6 Å². The molecule has 2 heterocycles. The number of nitrogens with zero attached hydrogens (tertiary/aromatic N) is 3. The van der Waals surface area contributed by atoms with Crippen molar-refractivity contribution in [2.75, 3.05) is 0 Å². The molecule has 0 bridgehead atoms. The number of hydrogen-bond donors (Lipinski definition) is 2. The highest BCUT2D eigenvalue weighted by atomic mass is 19.1. The molecule has 4 rings (SSSR count). The van der Waals surface area contributed by atoms with E-state index >= 15 is 0 Å². The van der Waals surface area contributed by atoms with Crippen molar-refractivity contribution >= 4 is 5.91 Å². The number of halogens is 1. The summed E-state index contributed by atoms with van der Waals surface area (Å²) in [4.78, 5) is 12.4. The molecule has 1 amide bonds. The first kappa shape index (κ1) is 16.7. The van der Waals surface area contributed by atoms with Crippen molar-refractivity contribution in [3.05, 3.63) is 90.1 Å². The van der Waals surface area contributed by atoms with E-state index in [2.05, 4.69) is 20.6 Å². The van der Waals surface area contributed by atoms with Crippen LogP contribution in [-0.4, -0.2) is 25.9 Å². The standard InChI is InChI=1S/C20H16FN5O/c21-17-4-6-18(7-5-17)26-13-14(12-24-26)11-22-20(27)16-3-1-2-15(10-16)19-8-9-23-25-19/h1-10,12-13H,11H2,(H,22,27)(H,23,25). The molecule has 27 heavy (non-hydrogen) atoms. The third kappa shape index (κ3) is 3.77. The number of H-pyrrole nitrogens is 1. The van der Waals surface area contributed by atoms with Crippen molar-refractivity contribution in [1.82, 2.24) is 25.3 Å². The van der Waals surface area contributed by atoms with Crippen LogP contribution < -0.4 is 5.32 Å². The van der Waals surface area contributed by atoms with Gasteiger partial charge in [-0.25, -0.2) is 9.07 Å². The molecule has 0 spiro atoms. The zero-order chi connectivity index (χ0) is 18.6. The van der Waals surface area contributed by atoms with Crippen LogP contribution in [0.5, 0.6) is 0 Å². The van der Waals surface area contributed by atoms with Gasteiger partial charge in [-0.3, -0.25) is 9.89 Å². The molecular weight excluding hydrogens is 345 g/mol.